The molecule has 10 heteroatoms. The van der Waals surface area contributed by atoms with E-state index < -0.39 is 0 Å². The van der Waals surface area contributed by atoms with Crippen molar-refractivity contribution in [3.8, 4) is 17.0 Å². The second kappa shape index (κ2) is 8.31. The van der Waals surface area contributed by atoms with Crippen molar-refractivity contribution in [2.45, 2.75) is 5.16 Å². The predicted molar refractivity (Wildman–Crippen MR) is 119 cm³/mol. The highest BCUT2D eigenvalue weighted by Crippen LogP contribution is 2.26. The monoisotopic (exact) mass is 448 g/mol. The van der Waals surface area contributed by atoms with E-state index in [1.54, 1.807) is 48.3 Å². The van der Waals surface area contributed by atoms with Gasteiger partial charge < -0.3 is 10.1 Å². The number of ether oxygens (including phenoxy) is 1. The van der Waals surface area contributed by atoms with E-state index in [0.717, 1.165) is 11.1 Å². The van der Waals surface area contributed by atoms with Crippen molar-refractivity contribution in [1.29, 1.82) is 0 Å². The third-order valence-corrected chi connectivity index (χ3v) is 5.78. The van der Waals surface area contributed by atoms with Crippen molar-refractivity contribution in [3.63, 3.8) is 0 Å². The number of amides is 1. The van der Waals surface area contributed by atoms with E-state index in [4.69, 9.17) is 4.74 Å². The molecule has 8 nitrogen and oxygen atoms in total. The third-order valence-electron chi connectivity index (χ3n) is 4.84. The Morgan fingerprint density at radius 2 is 1.94 bits per heavy atom. The maximum atomic E-state index is 13.2. The summed E-state index contributed by atoms with van der Waals surface area (Å²) >= 11 is 1.28. The van der Waals surface area contributed by atoms with Crippen LogP contribution in [0.3, 0.4) is 0 Å². The zero-order valence-corrected chi connectivity index (χ0v) is 17.7. The first kappa shape index (κ1) is 20.0. The number of fused-ring (bicyclic) bond motifs is 3. The summed E-state index contributed by atoms with van der Waals surface area (Å²) in [5.74, 6) is 0.275. The van der Waals surface area contributed by atoms with Crippen LogP contribution in [-0.2, 0) is 4.79 Å². The molecule has 3 aromatic heterocycles. The van der Waals surface area contributed by atoms with Gasteiger partial charge in [0.15, 0.2) is 10.8 Å². The quantitative estimate of drug-likeness (QED) is 0.396. The van der Waals surface area contributed by atoms with Crippen LogP contribution in [0, 0.1) is 5.82 Å². The number of nitrogens with one attached hydrogen (secondary N) is 1. The first-order valence-electron chi connectivity index (χ1n) is 9.67. The minimum Gasteiger partial charge on any atom is -0.495 e. The van der Waals surface area contributed by atoms with Gasteiger partial charge in [-0.05, 0) is 42.5 Å². The van der Waals surface area contributed by atoms with Gasteiger partial charge in [-0.25, -0.2) is 8.91 Å². The van der Waals surface area contributed by atoms with Crippen molar-refractivity contribution in [1.82, 2.24) is 24.2 Å². The van der Waals surface area contributed by atoms with E-state index in [1.165, 1.54) is 23.9 Å². The van der Waals surface area contributed by atoms with E-state index in [2.05, 4.69) is 20.6 Å². The molecule has 2 aromatic carbocycles. The molecule has 32 heavy (non-hydrogen) atoms. The van der Waals surface area contributed by atoms with Crippen LogP contribution in [0.1, 0.15) is 0 Å². The molecular weight excluding hydrogens is 431 g/mol. The summed E-state index contributed by atoms with van der Waals surface area (Å²) in [6.45, 7) is 0. The SMILES string of the molecule is COc1ccccc1NC(=O)CSc1nnc2c3cc(-c4ccc(F)cc4)nn3ccn12. The topological polar surface area (TPSA) is 85.8 Å². The molecule has 0 saturated carbocycles. The molecule has 0 saturated heterocycles. The van der Waals surface area contributed by atoms with Crippen LogP contribution < -0.4 is 10.1 Å². The molecule has 0 fully saturated rings. The molecule has 0 unspecified atom stereocenters. The number of carbonyl (C=O) groups is 1. The summed E-state index contributed by atoms with van der Waals surface area (Å²) in [6.07, 6.45) is 3.59. The van der Waals surface area contributed by atoms with Gasteiger partial charge in [0, 0.05) is 18.0 Å². The number of hydrogen-bond donors (Lipinski definition) is 1. The van der Waals surface area contributed by atoms with Crippen molar-refractivity contribution in [2.24, 2.45) is 0 Å². The molecule has 0 aliphatic rings. The smallest absolute Gasteiger partial charge is 0.234 e. The Bertz CT molecular complexity index is 1430. The minimum absolute atomic E-state index is 0.157. The Hall–Kier alpha value is -3.92. The molecular formula is C22H17FN6O2S. The van der Waals surface area contributed by atoms with E-state index in [0.29, 0.717) is 27.9 Å². The summed E-state index contributed by atoms with van der Waals surface area (Å²) in [4.78, 5) is 12.4. The molecule has 0 aliphatic heterocycles. The fourth-order valence-corrected chi connectivity index (χ4v) is 4.03. The molecule has 3 heterocycles. The highest BCUT2D eigenvalue weighted by molar-refractivity contribution is 7.99. The molecule has 5 aromatic rings. The van der Waals surface area contributed by atoms with Crippen LogP contribution in [0.4, 0.5) is 10.1 Å². The first-order valence-corrected chi connectivity index (χ1v) is 10.7. The predicted octanol–water partition coefficient (Wildman–Crippen LogP) is 3.92. The van der Waals surface area contributed by atoms with Crippen molar-refractivity contribution < 1.29 is 13.9 Å². The number of halogens is 1. The lowest BCUT2D eigenvalue weighted by atomic mass is 10.1. The summed E-state index contributed by atoms with van der Waals surface area (Å²) in [5.41, 5.74) is 3.48. The Morgan fingerprint density at radius 1 is 1.12 bits per heavy atom. The summed E-state index contributed by atoms with van der Waals surface area (Å²) in [6, 6.07) is 15.3. The number of carbonyl (C=O) groups excluding carboxylic acids is 1. The van der Waals surface area contributed by atoms with Gasteiger partial charge in [0.05, 0.1) is 24.2 Å². The number of hydrogen-bond acceptors (Lipinski definition) is 6. The number of aromatic nitrogens is 5. The highest BCUT2D eigenvalue weighted by Gasteiger charge is 2.15. The van der Waals surface area contributed by atoms with Crippen LogP contribution in [0.2, 0.25) is 0 Å². The zero-order chi connectivity index (χ0) is 22.1. The Labute approximate surface area is 186 Å². The largest absolute Gasteiger partial charge is 0.495 e. The fourth-order valence-electron chi connectivity index (χ4n) is 3.32. The summed E-state index contributed by atoms with van der Waals surface area (Å²) in [5, 5.41) is 16.5. The number of benzene rings is 2. The number of nitrogens with zero attached hydrogens (tertiary/aromatic N) is 5. The Kier molecular flexibility index (Phi) is 5.20. The molecule has 1 N–H and O–H groups in total. The van der Waals surface area contributed by atoms with Gasteiger partial charge in [0.25, 0.3) is 0 Å². The van der Waals surface area contributed by atoms with Crippen LogP contribution in [0.5, 0.6) is 5.75 Å². The van der Waals surface area contributed by atoms with Crippen molar-refractivity contribution >= 4 is 34.5 Å². The standard InChI is InChI=1S/C22H17FN6O2S/c1-31-19-5-3-2-4-16(19)24-20(30)13-32-22-26-25-21-18-12-17(14-6-8-15(23)9-7-14)27-29(18)11-10-28(21)22/h2-12H,13H2,1H3,(H,24,30). The third kappa shape index (κ3) is 3.76. The molecule has 160 valence electrons. The molecule has 1 amide bonds. The molecule has 5 rings (SSSR count). The first-order chi connectivity index (χ1) is 15.6. The van der Waals surface area contributed by atoms with Crippen LogP contribution in [-0.4, -0.2) is 43.0 Å². The summed E-state index contributed by atoms with van der Waals surface area (Å²) < 4.78 is 22.0. The average molecular weight is 448 g/mol. The van der Waals surface area contributed by atoms with E-state index in [1.807, 2.05) is 22.6 Å². The average Bonchev–Trinajstić information content (AvgIpc) is 3.42. The van der Waals surface area contributed by atoms with Gasteiger partial charge in [-0.15, -0.1) is 10.2 Å². The number of anilines is 1. The second-order valence-electron chi connectivity index (χ2n) is 6.88. The lowest BCUT2D eigenvalue weighted by molar-refractivity contribution is -0.113. The summed E-state index contributed by atoms with van der Waals surface area (Å²) in [7, 11) is 1.56. The molecule has 0 spiro atoms. The Balaban J connectivity index is 1.36. The number of methoxy groups -OCH3 is 1. The highest BCUT2D eigenvalue weighted by atomic mass is 32.2. The van der Waals surface area contributed by atoms with Crippen LogP contribution in [0.25, 0.3) is 22.4 Å². The lowest BCUT2D eigenvalue weighted by Crippen LogP contribution is -2.14. The van der Waals surface area contributed by atoms with Gasteiger partial charge in [-0.3, -0.25) is 9.20 Å². The van der Waals surface area contributed by atoms with Crippen molar-refractivity contribution in [3.05, 3.63) is 72.8 Å². The van der Waals surface area contributed by atoms with Gasteiger partial charge in [0.2, 0.25) is 5.91 Å². The molecule has 0 atom stereocenters. The number of thioether (sulfide) groups is 1. The second-order valence-corrected chi connectivity index (χ2v) is 7.82. The lowest BCUT2D eigenvalue weighted by Gasteiger charge is -2.09. The van der Waals surface area contributed by atoms with Crippen molar-refractivity contribution in [2.75, 3.05) is 18.2 Å². The van der Waals surface area contributed by atoms with E-state index in [-0.39, 0.29) is 17.5 Å². The minimum atomic E-state index is -0.297. The number of rotatable bonds is 6. The maximum Gasteiger partial charge on any atom is 0.234 e. The van der Waals surface area contributed by atoms with Gasteiger partial charge in [0.1, 0.15) is 17.1 Å². The van der Waals surface area contributed by atoms with Gasteiger partial charge in [-0.2, -0.15) is 5.10 Å². The van der Waals surface area contributed by atoms with E-state index >= 15 is 0 Å². The maximum absolute atomic E-state index is 13.2. The fraction of sp³-hybridized carbons (Fsp3) is 0.0909. The van der Waals surface area contributed by atoms with Crippen LogP contribution in [0.15, 0.2) is 72.1 Å². The Morgan fingerprint density at radius 3 is 2.75 bits per heavy atom. The molecule has 0 bridgehead atoms. The normalized spacial score (nSPS) is 11.2. The van der Waals surface area contributed by atoms with Gasteiger partial charge >= 0.3 is 0 Å². The molecule has 0 aliphatic carbocycles. The van der Waals surface area contributed by atoms with Crippen LogP contribution >= 0.6 is 11.8 Å². The van der Waals surface area contributed by atoms with Gasteiger partial charge in [-0.1, -0.05) is 23.9 Å². The number of para-hydroxylation sites is 2. The van der Waals surface area contributed by atoms with E-state index in [9.17, 15) is 9.18 Å². The molecule has 0 radical (unpaired) electrons. The zero-order valence-electron chi connectivity index (χ0n) is 16.9.